The van der Waals surface area contributed by atoms with E-state index in [0.717, 1.165) is 12.0 Å². The van der Waals surface area contributed by atoms with E-state index in [1.165, 1.54) is 0 Å². The molecule has 0 saturated heterocycles. The number of carbonyl (C=O) groups is 1. The van der Waals surface area contributed by atoms with Gasteiger partial charge in [-0.25, -0.2) is 0 Å². The van der Waals surface area contributed by atoms with Crippen LogP contribution in [0, 0.1) is 5.92 Å². The van der Waals surface area contributed by atoms with E-state index in [4.69, 9.17) is 4.74 Å². The van der Waals surface area contributed by atoms with E-state index >= 15 is 0 Å². The predicted molar refractivity (Wildman–Crippen MR) is 49.1 cm³/mol. The van der Waals surface area contributed by atoms with Crippen LogP contribution in [-0.2, 0) is 16.1 Å². The Balaban J connectivity index is 2.24. The Labute approximate surface area is 77.8 Å². The van der Waals surface area contributed by atoms with Gasteiger partial charge in [0, 0.05) is 12.1 Å². The van der Waals surface area contributed by atoms with Crippen LogP contribution >= 0.6 is 0 Å². The third-order valence-corrected chi connectivity index (χ3v) is 1.59. The van der Waals surface area contributed by atoms with Crippen molar-refractivity contribution in [2.75, 3.05) is 6.61 Å². The van der Waals surface area contributed by atoms with Gasteiger partial charge in [-0.3, -0.25) is 4.98 Å². The summed E-state index contributed by atoms with van der Waals surface area (Å²) in [6.45, 7) is 2.75. The van der Waals surface area contributed by atoms with E-state index in [0.29, 0.717) is 13.2 Å². The molecule has 0 bridgehead atoms. The third kappa shape index (κ3) is 3.80. The number of ether oxygens (including phenoxy) is 1. The van der Waals surface area contributed by atoms with Gasteiger partial charge in [-0.2, -0.15) is 0 Å². The lowest BCUT2D eigenvalue weighted by atomic mass is 10.2. The molecular formula is C10H13NO2. The van der Waals surface area contributed by atoms with E-state index in [9.17, 15) is 4.79 Å². The van der Waals surface area contributed by atoms with Gasteiger partial charge in [0.2, 0.25) is 0 Å². The SMILES string of the molecule is C[C@H](C=O)COCc1ccccn1. The molecule has 1 heterocycles. The van der Waals surface area contributed by atoms with Gasteiger partial charge in [-0.15, -0.1) is 0 Å². The molecule has 0 fully saturated rings. The molecule has 1 atom stereocenters. The van der Waals surface area contributed by atoms with Crippen molar-refractivity contribution in [3.05, 3.63) is 30.1 Å². The largest absolute Gasteiger partial charge is 0.374 e. The minimum absolute atomic E-state index is 0.0382. The average molecular weight is 179 g/mol. The predicted octanol–water partition coefficient (Wildman–Crippen LogP) is 1.43. The van der Waals surface area contributed by atoms with Crippen molar-refractivity contribution < 1.29 is 9.53 Å². The highest BCUT2D eigenvalue weighted by Gasteiger charge is 1.99. The normalized spacial score (nSPS) is 12.4. The van der Waals surface area contributed by atoms with Crippen LogP contribution in [0.25, 0.3) is 0 Å². The number of carbonyl (C=O) groups excluding carboxylic acids is 1. The molecule has 0 unspecified atom stereocenters. The topological polar surface area (TPSA) is 39.2 Å². The first-order valence-electron chi connectivity index (χ1n) is 4.26. The summed E-state index contributed by atoms with van der Waals surface area (Å²) in [7, 11) is 0. The summed E-state index contributed by atoms with van der Waals surface area (Å²) in [4.78, 5) is 14.3. The zero-order valence-electron chi connectivity index (χ0n) is 7.64. The summed E-state index contributed by atoms with van der Waals surface area (Å²) in [5, 5.41) is 0. The second-order valence-electron chi connectivity index (χ2n) is 2.95. The van der Waals surface area contributed by atoms with Crippen molar-refractivity contribution in [1.82, 2.24) is 4.98 Å². The highest BCUT2D eigenvalue weighted by atomic mass is 16.5. The van der Waals surface area contributed by atoms with Crippen LogP contribution in [0.4, 0.5) is 0 Å². The number of hydrogen-bond donors (Lipinski definition) is 0. The molecule has 0 amide bonds. The first-order chi connectivity index (χ1) is 6.33. The highest BCUT2D eigenvalue weighted by Crippen LogP contribution is 1.98. The molecule has 1 aromatic heterocycles. The van der Waals surface area contributed by atoms with Crippen molar-refractivity contribution in [1.29, 1.82) is 0 Å². The molecule has 0 radical (unpaired) electrons. The van der Waals surface area contributed by atoms with E-state index in [1.807, 2.05) is 25.1 Å². The lowest BCUT2D eigenvalue weighted by Gasteiger charge is -2.04. The maximum Gasteiger partial charge on any atom is 0.125 e. The Morgan fingerprint density at radius 3 is 3.08 bits per heavy atom. The van der Waals surface area contributed by atoms with Crippen molar-refractivity contribution in [3.63, 3.8) is 0 Å². The van der Waals surface area contributed by atoms with Crippen LogP contribution in [-0.4, -0.2) is 17.9 Å². The van der Waals surface area contributed by atoms with Gasteiger partial charge in [-0.1, -0.05) is 13.0 Å². The Bertz CT molecular complexity index is 248. The molecule has 13 heavy (non-hydrogen) atoms. The first-order valence-corrected chi connectivity index (χ1v) is 4.26. The number of nitrogens with zero attached hydrogens (tertiary/aromatic N) is 1. The zero-order valence-corrected chi connectivity index (χ0v) is 7.64. The van der Waals surface area contributed by atoms with Gasteiger partial charge in [0.1, 0.15) is 6.29 Å². The van der Waals surface area contributed by atoms with Crippen LogP contribution in [0.5, 0.6) is 0 Å². The summed E-state index contributed by atoms with van der Waals surface area (Å²) in [5.41, 5.74) is 0.889. The summed E-state index contributed by atoms with van der Waals surface area (Å²) < 4.78 is 5.28. The Morgan fingerprint density at radius 2 is 2.46 bits per heavy atom. The van der Waals surface area contributed by atoms with E-state index in [1.54, 1.807) is 6.20 Å². The average Bonchev–Trinajstić information content (AvgIpc) is 2.19. The van der Waals surface area contributed by atoms with E-state index in [-0.39, 0.29) is 5.92 Å². The molecule has 0 N–H and O–H groups in total. The minimum atomic E-state index is -0.0382. The van der Waals surface area contributed by atoms with Gasteiger partial charge in [0.25, 0.3) is 0 Å². The molecule has 3 nitrogen and oxygen atoms in total. The summed E-state index contributed by atoms with van der Waals surface area (Å²) in [5.74, 6) is -0.0382. The number of rotatable bonds is 5. The fourth-order valence-corrected chi connectivity index (χ4v) is 0.872. The molecule has 0 saturated carbocycles. The lowest BCUT2D eigenvalue weighted by Crippen LogP contribution is -2.07. The monoisotopic (exact) mass is 179 g/mol. The molecular weight excluding hydrogens is 166 g/mol. The standard InChI is InChI=1S/C10H13NO2/c1-9(6-12)7-13-8-10-4-2-3-5-11-10/h2-6,9H,7-8H2,1H3/t9-/m1/s1. The van der Waals surface area contributed by atoms with Crippen LogP contribution in [0.3, 0.4) is 0 Å². The van der Waals surface area contributed by atoms with Crippen molar-refractivity contribution in [3.8, 4) is 0 Å². The Morgan fingerprint density at radius 1 is 1.62 bits per heavy atom. The van der Waals surface area contributed by atoms with Gasteiger partial charge < -0.3 is 9.53 Å². The number of aldehydes is 1. The maximum atomic E-state index is 10.3. The molecule has 0 aliphatic carbocycles. The van der Waals surface area contributed by atoms with Crippen molar-refractivity contribution in [2.24, 2.45) is 5.92 Å². The van der Waals surface area contributed by atoms with Gasteiger partial charge >= 0.3 is 0 Å². The molecule has 0 aliphatic heterocycles. The van der Waals surface area contributed by atoms with Gasteiger partial charge in [0.15, 0.2) is 0 Å². The van der Waals surface area contributed by atoms with Crippen LogP contribution in [0.1, 0.15) is 12.6 Å². The highest BCUT2D eigenvalue weighted by molar-refractivity contribution is 5.52. The number of pyridine rings is 1. The molecule has 3 heteroatoms. The fourth-order valence-electron chi connectivity index (χ4n) is 0.872. The van der Waals surface area contributed by atoms with Crippen molar-refractivity contribution in [2.45, 2.75) is 13.5 Å². The van der Waals surface area contributed by atoms with Crippen LogP contribution in [0.15, 0.2) is 24.4 Å². The second-order valence-corrected chi connectivity index (χ2v) is 2.95. The third-order valence-electron chi connectivity index (χ3n) is 1.59. The van der Waals surface area contributed by atoms with Gasteiger partial charge in [-0.05, 0) is 12.1 Å². The first kappa shape index (κ1) is 9.86. The van der Waals surface area contributed by atoms with Crippen LogP contribution in [0.2, 0.25) is 0 Å². The maximum absolute atomic E-state index is 10.3. The number of hydrogen-bond acceptors (Lipinski definition) is 3. The molecule has 1 aromatic rings. The second kappa shape index (κ2) is 5.43. The quantitative estimate of drug-likeness (QED) is 0.642. The molecule has 1 rings (SSSR count). The molecule has 0 aliphatic rings. The molecule has 0 spiro atoms. The van der Waals surface area contributed by atoms with Crippen molar-refractivity contribution >= 4 is 6.29 Å². The Hall–Kier alpha value is -1.22. The Kier molecular flexibility index (Phi) is 4.12. The summed E-state index contributed by atoms with van der Waals surface area (Å²) >= 11 is 0. The number of aromatic nitrogens is 1. The summed E-state index contributed by atoms with van der Waals surface area (Å²) in [6.07, 6.45) is 2.61. The lowest BCUT2D eigenvalue weighted by molar-refractivity contribution is -0.112. The fraction of sp³-hybridized carbons (Fsp3) is 0.400. The van der Waals surface area contributed by atoms with E-state index in [2.05, 4.69) is 4.98 Å². The summed E-state index contributed by atoms with van der Waals surface area (Å²) in [6, 6.07) is 5.66. The van der Waals surface area contributed by atoms with Gasteiger partial charge in [0.05, 0.1) is 18.9 Å². The smallest absolute Gasteiger partial charge is 0.125 e. The van der Waals surface area contributed by atoms with Crippen LogP contribution < -0.4 is 0 Å². The molecule has 70 valence electrons. The van der Waals surface area contributed by atoms with E-state index < -0.39 is 0 Å². The zero-order chi connectivity index (χ0) is 9.52. The minimum Gasteiger partial charge on any atom is -0.374 e. The molecule has 0 aromatic carbocycles.